The van der Waals surface area contributed by atoms with Crippen molar-refractivity contribution in [1.29, 1.82) is 0 Å². The molecule has 3 unspecified atom stereocenters. The van der Waals surface area contributed by atoms with Crippen LogP contribution < -0.4 is 5.32 Å². The van der Waals surface area contributed by atoms with E-state index in [-0.39, 0.29) is 7.33 Å². The van der Waals surface area contributed by atoms with Gasteiger partial charge in [-0.05, 0) is 29.7 Å². The van der Waals surface area contributed by atoms with Gasteiger partial charge in [0.1, 0.15) is 0 Å². The summed E-state index contributed by atoms with van der Waals surface area (Å²) in [5, 5.41) is 3.00. The Labute approximate surface area is 115 Å². The zero-order valence-electron chi connectivity index (χ0n) is 11.2. The summed E-state index contributed by atoms with van der Waals surface area (Å²) >= 11 is 0. The fraction of sp³-hybridized carbons (Fsp3) is 0.353. The van der Waals surface area contributed by atoms with Crippen LogP contribution in [0.4, 0.5) is 0 Å². The second-order valence-electron chi connectivity index (χ2n) is 5.49. The van der Waals surface area contributed by atoms with Crippen LogP contribution in [-0.2, 0) is 11.2 Å². The van der Waals surface area contributed by atoms with Gasteiger partial charge in [0.2, 0.25) is 0 Å². The van der Waals surface area contributed by atoms with E-state index < -0.39 is 0 Å². The number of carbonyl (C=O) groups excluding carboxylic acids is 1. The first kappa shape index (κ1) is 12.2. The van der Waals surface area contributed by atoms with Gasteiger partial charge in [0.05, 0.1) is 0 Å². The van der Waals surface area contributed by atoms with E-state index >= 15 is 0 Å². The van der Waals surface area contributed by atoms with Crippen LogP contribution in [0.5, 0.6) is 0 Å². The van der Waals surface area contributed by atoms with Gasteiger partial charge in [-0.25, -0.2) is 0 Å². The number of nitrogens with one attached hydrogen (secondary N) is 1. The molecule has 1 aromatic rings. The van der Waals surface area contributed by atoms with Crippen LogP contribution in [0.3, 0.4) is 0 Å². The average molecular weight is 255 g/mol. The first-order valence-corrected chi connectivity index (χ1v) is 6.98. The van der Waals surface area contributed by atoms with E-state index in [0.717, 1.165) is 12.0 Å². The molecule has 1 saturated carbocycles. The standard InChI is InChI=1S/C17H19NO.H2/c1-12-15-8-7-14(11-16(12)15)17(19)18-10-9-13-5-3-2-4-6-13;/h2-8,11-12,15-16H,9-10H2,1H3,(H,18,19);1H. The van der Waals surface area contributed by atoms with E-state index in [0.29, 0.717) is 24.3 Å². The van der Waals surface area contributed by atoms with Gasteiger partial charge in [0, 0.05) is 13.5 Å². The minimum absolute atomic E-state index is 0. The second kappa shape index (κ2) is 5.04. The second-order valence-corrected chi connectivity index (χ2v) is 5.49. The van der Waals surface area contributed by atoms with Crippen molar-refractivity contribution >= 4 is 5.91 Å². The number of rotatable bonds is 4. The summed E-state index contributed by atoms with van der Waals surface area (Å²) in [7, 11) is 0. The summed E-state index contributed by atoms with van der Waals surface area (Å²) in [6, 6.07) is 10.2. The number of carbonyl (C=O) groups is 1. The number of amides is 1. The Kier molecular flexibility index (Phi) is 3.24. The highest BCUT2D eigenvalue weighted by Crippen LogP contribution is 2.50. The van der Waals surface area contributed by atoms with E-state index in [9.17, 15) is 4.79 Å². The molecular weight excluding hydrogens is 234 g/mol. The molecule has 19 heavy (non-hydrogen) atoms. The minimum Gasteiger partial charge on any atom is -0.352 e. The number of hydrogen-bond donors (Lipinski definition) is 1. The number of benzene rings is 1. The fourth-order valence-electron chi connectivity index (χ4n) is 2.79. The summed E-state index contributed by atoms with van der Waals surface area (Å²) in [6.45, 7) is 2.93. The Balaban J connectivity index is 0.00000147. The van der Waals surface area contributed by atoms with Gasteiger partial charge in [0.15, 0.2) is 0 Å². The third-order valence-electron chi connectivity index (χ3n) is 4.19. The van der Waals surface area contributed by atoms with E-state index in [1.807, 2.05) is 24.3 Å². The third-order valence-corrected chi connectivity index (χ3v) is 4.19. The molecule has 0 aliphatic heterocycles. The Morgan fingerprint density at radius 1 is 1.26 bits per heavy atom. The highest BCUT2D eigenvalue weighted by atomic mass is 16.1. The molecule has 0 radical (unpaired) electrons. The lowest BCUT2D eigenvalue weighted by Gasteiger charge is -2.08. The fourth-order valence-corrected chi connectivity index (χ4v) is 2.79. The molecule has 1 fully saturated rings. The van der Waals surface area contributed by atoms with Crippen LogP contribution in [0, 0.1) is 17.8 Å². The molecule has 100 valence electrons. The Morgan fingerprint density at radius 2 is 2.05 bits per heavy atom. The van der Waals surface area contributed by atoms with E-state index in [2.05, 4.69) is 36.5 Å². The molecule has 1 N–H and O–H groups in total. The van der Waals surface area contributed by atoms with Gasteiger partial charge >= 0.3 is 0 Å². The Bertz CT molecular complexity index is 535. The molecule has 0 heterocycles. The van der Waals surface area contributed by atoms with E-state index in [1.54, 1.807) is 0 Å². The van der Waals surface area contributed by atoms with Crippen molar-refractivity contribution < 1.29 is 6.22 Å². The maximum absolute atomic E-state index is 12.0. The Morgan fingerprint density at radius 3 is 2.79 bits per heavy atom. The zero-order chi connectivity index (χ0) is 13.2. The molecular formula is C17H21NO. The molecule has 0 saturated heterocycles. The van der Waals surface area contributed by atoms with Crippen molar-refractivity contribution in [3.05, 3.63) is 59.7 Å². The van der Waals surface area contributed by atoms with Gasteiger partial charge in [0.25, 0.3) is 5.91 Å². The highest BCUT2D eigenvalue weighted by Gasteiger charge is 2.44. The van der Waals surface area contributed by atoms with Crippen molar-refractivity contribution in [2.45, 2.75) is 13.3 Å². The molecule has 2 heteroatoms. The largest absolute Gasteiger partial charge is 0.352 e. The predicted molar refractivity (Wildman–Crippen MR) is 78.6 cm³/mol. The summed E-state index contributed by atoms with van der Waals surface area (Å²) in [5.41, 5.74) is 2.09. The van der Waals surface area contributed by atoms with Crippen LogP contribution in [0.15, 0.2) is 54.1 Å². The quantitative estimate of drug-likeness (QED) is 0.880. The van der Waals surface area contributed by atoms with Crippen molar-refractivity contribution in [2.24, 2.45) is 17.8 Å². The summed E-state index contributed by atoms with van der Waals surface area (Å²) in [4.78, 5) is 12.0. The molecule has 0 spiro atoms. The summed E-state index contributed by atoms with van der Waals surface area (Å²) in [5.74, 6) is 2.05. The molecule has 2 aliphatic rings. The molecule has 1 amide bonds. The first-order chi connectivity index (χ1) is 9.25. The monoisotopic (exact) mass is 255 g/mol. The lowest BCUT2D eigenvalue weighted by molar-refractivity contribution is -0.117. The molecule has 3 atom stereocenters. The smallest absolute Gasteiger partial charge is 0.250 e. The van der Waals surface area contributed by atoms with Crippen LogP contribution >= 0.6 is 0 Å². The summed E-state index contributed by atoms with van der Waals surface area (Å²) < 4.78 is 0. The normalized spacial score (nSPS) is 27.4. The van der Waals surface area contributed by atoms with Gasteiger partial charge in [-0.3, -0.25) is 4.79 Å². The van der Waals surface area contributed by atoms with Crippen LogP contribution in [-0.4, -0.2) is 12.5 Å². The van der Waals surface area contributed by atoms with Gasteiger partial charge in [-0.15, -0.1) is 0 Å². The van der Waals surface area contributed by atoms with Crippen molar-refractivity contribution in [2.75, 3.05) is 6.54 Å². The lowest BCUT2D eigenvalue weighted by atomic mass is 10.1. The topological polar surface area (TPSA) is 29.1 Å². The highest BCUT2D eigenvalue weighted by molar-refractivity contribution is 5.96. The predicted octanol–water partition coefficient (Wildman–Crippen LogP) is 2.97. The first-order valence-electron chi connectivity index (χ1n) is 6.98. The molecule has 2 aliphatic carbocycles. The maximum Gasteiger partial charge on any atom is 0.250 e. The summed E-state index contributed by atoms with van der Waals surface area (Å²) in [6.07, 6.45) is 7.17. The molecule has 1 aromatic carbocycles. The van der Waals surface area contributed by atoms with Crippen molar-refractivity contribution in [3.8, 4) is 0 Å². The third kappa shape index (κ3) is 2.62. The number of hydrogen-bond acceptors (Lipinski definition) is 1. The zero-order valence-corrected chi connectivity index (χ0v) is 11.2. The van der Waals surface area contributed by atoms with Gasteiger partial charge in [-0.1, -0.05) is 55.5 Å². The Hall–Kier alpha value is -1.83. The van der Waals surface area contributed by atoms with Crippen LogP contribution in [0.2, 0.25) is 0 Å². The lowest BCUT2D eigenvalue weighted by Crippen LogP contribution is -2.27. The maximum atomic E-state index is 12.0. The number of allylic oxidation sites excluding steroid dienone is 2. The van der Waals surface area contributed by atoms with Gasteiger partial charge in [-0.2, -0.15) is 0 Å². The minimum atomic E-state index is 0. The molecule has 0 aromatic heterocycles. The molecule has 2 nitrogen and oxygen atoms in total. The average Bonchev–Trinajstić information content (AvgIpc) is 3.10. The SMILES string of the molecule is CC1C2C=CC(C(=O)NCCc3ccccc3)=CC12.[HH]. The van der Waals surface area contributed by atoms with Gasteiger partial charge < -0.3 is 5.32 Å². The van der Waals surface area contributed by atoms with E-state index in [4.69, 9.17) is 0 Å². The molecule has 3 rings (SSSR count). The van der Waals surface area contributed by atoms with Crippen LogP contribution in [0.1, 0.15) is 13.9 Å². The van der Waals surface area contributed by atoms with E-state index in [1.165, 1.54) is 5.56 Å². The number of fused-ring (bicyclic) bond motifs is 1. The van der Waals surface area contributed by atoms with Crippen LogP contribution in [0.25, 0.3) is 0 Å². The molecule has 0 bridgehead atoms. The van der Waals surface area contributed by atoms with Crippen molar-refractivity contribution in [3.63, 3.8) is 0 Å². The van der Waals surface area contributed by atoms with Crippen molar-refractivity contribution in [1.82, 2.24) is 5.32 Å².